The Balaban J connectivity index is 1.91. The number of ether oxygens (including phenoxy) is 1. The van der Waals surface area contributed by atoms with Gasteiger partial charge in [0, 0.05) is 0 Å². The summed E-state index contributed by atoms with van der Waals surface area (Å²) in [5.41, 5.74) is -1.21. The van der Waals surface area contributed by atoms with Crippen molar-refractivity contribution in [3.8, 4) is 5.75 Å². The van der Waals surface area contributed by atoms with Crippen molar-refractivity contribution in [1.82, 2.24) is 0 Å². The average molecular weight is 437 g/mol. The van der Waals surface area contributed by atoms with Gasteiger partial charge in [-0.1, -0.05) is 24.3 Å². The fourth-order valence-electron chi connectivity index (χ4n) is 2.67. The number of rotatable bonds is 5. The first-order valence-electron chi connectivity index (χ1n) is 8.51. The number of para-hydroxylation sites is 1. The van der Waals surface area contributed by atoms with Crippen molar-refractivity contribution in [2.24, 2.45) is 0 Å². The molecule has 2 aromatic rings. The van der Waals surface area contributed by atoms with E-state index < -0.39 is 40.6 Å². The molecule has 2 aromatic carbocycles. The van der Waals surface area contributed by atoms with E-state index in [0.717, 1.165) is 12.1 Å². The molecule has 0 radical (unpaired) electrons. The van der Waals surface area contributed by atoms with E-state index in [4.69, 9.17) is 9.84 Å². The molecule has 30 heavy (non-hydrogen) atoms. The molecule has 156 valence electrons. The summed E-state index contributed by atoms with van der Waals surface area (Å²) in [4.78, 5) is 36.3. The number of alkyl halides is 3. The molecule has 1 atom stereocenters. The summed E-state index contributed by atoms with van der Waals surface area (Å²) in [6.07, 6.45) is -4.51. The van der Waals surface area contributed by atoms with Crippen molar-refractivity contribution >= 4 is 40.6 Å². The van der Waals surface area contributed by atoms with Gasteiger partial charge in [-0.05, 0) is 54.6 Å². The van der Waals surface area contributed by atoms with E-state index in [1.165, 1.54) is 37.3 Å². The van der Waals surface area contributed by atoms with E-state index in [-0.39, 0.29) is 10.7 Å². The number of thioether (sulfide) groups is 1. The zero-order chi connectivity index (χ0) is 22.1. The molecule has 2 amide bonds. The molecule has 1 unspecified atom stereocenters. The Bertz CT molecular complexity index is 1050. The van der Waals surface area contributed by atoms with Gasteiger partial charge >= 0.3 is 12.1 Å². The normalized spacial score (nSPS) is 16.8. The number of hydrogen-bond donors (Lipinski definition) is 1. The highest BCUT2D eigenvalue weighted by atomic mass is 32.2. The number of carbonyl (C=O) groups excluding carboxylic acids is 2. The lowest BCUT2D eigenvalue weighted by molar-refractivity contribution is -0.144. The second-order valence-corrected chi connectivity index (χ2v) is 7.20. The summed E-state index contributed by atoms with van der Waals surface area (Å²) in [6.45, 7) is 1.35. The number of carbonyl (C=O) groups is 3. The van der Waals surface area contributed by atoms with Gasteiger partial charge in [0.1, 0.15) is 5.75 Å². The van der Waals surface area contributed by atoms with Crippen molar-refractivity contribution in [2.45, 2.75) is 19.2 Å². The first-order valence-corrected chi connectivity index (χ1v) is 9.33. The topological polar surface area (TPSA) is 83.9 Å². The second kappa shape index (κ2) is 8.23. The van der Waals surface area contributed by atoms with Crippen LogP contribution in [0.4, 0.5) is 23.7 Å². The SMILES string of the molecule is CC(Oc1cccc(/C=C2/SC(=O)N(c3ccccc3C(F)(F)F)C2=O)c1)C(=O)O. The molecule has 1 heterocycles. The molecule has 1 aliphatic rings. The van der Waals surface area contributed by atoms with E-state index in [1.807, 2.05) is 0 Å². The van der Waals surface area contributed by atoms with Crippen LogP contribution in [-0.2, 0) is 15.8 Å². The maximum absolute atomic E-state index is 13.3. The lowest BCUT2D eigenvalue weighted by Gasteiger charge is -2.18. The molecule has 1 fully saturated rings. The number of imide groups is 1. The highest BCUT2D eigenvalue weighted by molar-refractivity contribution is 8.19. The van der Waals surface area contributed by atoms with Crippen LogP contribution in [-0.4, -0.2) is 28.3 Å². The molecule has 10 heteroatoms. The highest BCUT2D eigenvalue weighted by Crippen LogP contribution is 2.42. The summed E-state index contributed by atoms with van der Waals surface area (Å²) in [5.74, 6) is -1.82. The summed E-state index contributed by atoms with van der Waals surface area (Å²) in [5, 5.41) is 8.06. The van der Waals surface area contributed by atoms with Crippen molar-refractivity contribution in [3.05, 3.63) is 64.6 Å². The zero-order valence-corrected chi connectivity index (χ0v) is 16.2. The lowest BCUT2D eigenvalue weighted by atomic mass is 10.1. The highest BCUT2D eigenvalue weighted by Gasteiger charge is 2.42. The molecule has 0 bridgehead atoms. The molecular formula is C20H14F3NO5S. The minimum atomic E-state index is -4.74. The first kappa shape index (κ1) is 21.4. The van der Waals surface area contributed by atoms with Crippen LogP contribution >= 0.6 is 11.8 Å². The number of aliphatic carboxylic acids is 1. The summed E-state index contributed by atoms with van der Waals surface area (Å²) >= 11 is 0.512. The molecule has 1 saturated heterocycles. The first-order chi connectivity index (χ1) is 14.1. The summed E-state index contributed by atoms with van der Waals surface area (Å²) < 4.78 is 45.1. The molecule has 0 aliphatic carbocycles. The van der Waals surface area contributed by atoms with Crippen molar-refractivity contribution < 1.29 is 37.4 Å². The minimum Gasteiger partial charge on any atom is -0.479 e. The van der Waals surface area contributed by atoms with E-state index in [0.29, 0.717) is 22.2 Å². The quantitative estimate of drug-likeness (QED) is 0.677. The van der Waals surface area contributed by atoms with Crippen LogP contribution in [0.15, 0.2) is 53.4 Å². The number of anilines is 1. The molecular weight excluding hydrogens is 423 g/mol. The number of nitrogens with zero attached hydrogens (tertiary/aromatic N) is 1. The Labute approximate surface area is 172 Å². The van der Waals surface area contributed by atoms with Crippen LogP contribution in [0, 0.1) is 0 Å². The van der Waals surface area contributed by atoms with E-state index in [9.17, 15) is 27.6 Å². The molecule has 3 rings (SSSR count). The van der Waals surface area contributed by atoms with Gasteiger partial charge in [0.05, 0.1) is 16.2 Å². The van der Waals surface area contributed by atoms with Crippen LogP contribution < -0.4 is 9.64 Å². The monoisotopic (exact) mass is 437 g/mol. The van der Waals surface area contributed by atoms with Crippen LogP contribution in [0.3, 0.4) is 0 Å². The van der Waals surface area contributed by atoms with Gasteiger partial charge in [-0.3, -0.25) is 9.59 Å². The third kappa shape index (κ3) is 4.48. The number of amides is 2. The van der Waals surface area contributed by atoms with E-state index >= 15 is 0 Å². The number of benzene rings is 2. The van der Waals surface area contributed by atoms with Crippen LogP contribution in [0.5, 0.6) is 5.75 Å². The van der Waals surface area contributed by atoms with Crippen molar-refractivity contribution in [1.29, 1.82) is 0 Å². The predicted molar refractivity (Wildman–Crippen MR) is 104 cm³/mol. The Morgan fingerprint density at radius 2 is 1.87 bits per heavy atom. The molecule has 6 nitrogen and oxygen atoms in total. The van der Waals surface area contributed by atoms with Gasteiger partial charge in [-0.2, -0.15) is 13.2 Å². The molecule has 1 N–H and O–H groups in total. The van der Waals surface area contributed by atoms with Gasteiger partial charge < -0.3 is 9.84 Å². The standard InChI is InChI=1S/C20H14F3NO5S/c1-11(18(26)27)29-13-6-4-5-12(9-13)10-16-17(25)24(19(28)30-16)15-8-3-2-7-14(15)20(21,22)23/h2-11H,1H3,(H,26,27)/b16-10+. The van der Waals surface area contributed by atoms with Crippen LogP contribution in [0.2, 0.25) is 0 Å². The second-order valence-electron chi connectivity index (χ2n) is 6.20. The maximum Gasteiger partial charge on any atom is 0.418 e. The fourth-order valence-corrected chi connectivity index (χ4v) is 3.50. The van der Waals surface area contributed by atoms with E-state index in [2.05, 4.69) is 0 Å². The largest absolute Gasteiger partial charge is 0.479 e. The summed E-state index contributed by atoms with van der Waals surface area (Å²) in [6, 6.07) is 10.4. The van der Waals surface area contributed by atoms with Gasteiger partial charge in [0.25, 0.3) is 11.1 Å². The molecule has 0 saturated carbocycles. The van der Waals surface area contributed by atoms with Gasteiger partial charge in [-0.15, -0.1) is 0 Å². The Kier molecular flexibility index (Phi) is 5.88. The maximum atomic E-state index is 13.3. The predicted octanol–water partition coefficient (Wildman–Crippen LogP) is 4.80. The fraction of sp³-hybridized carbons (Fsp3) is 0.150. The molecule has 0 aromatic heterocycles. The van der Waals surface area contributed by atoms with Crippen LogP contribution in [0.1, 0.15) is 18.1 Å². The molecule has 1 aliphatic heterocycles. The number of carboxylic acids is 1. The number of carboxylic acid groups (broad SMARTS) is 1. The van der Waals surface area contributed by atoms with Gasteiger partial charge in [-0.25, -0.2) is 9.69 Å². The van der Waals surface area contributed by atoms with E-state index in [1.54, 1.807) is 12.1 Å². The van der Waals surface area contributed by atoms with Gasteiger partial charge in [0.15, 0.2) is 6.10 Å². The minimum absolute atomic E-state index is 0.0691. The Hall–Kier alpha value is -3.27. The van der Waals surface area contributed by atoms with Crippen molar-refractivity contribution in [3.63, 3.8) is 0 Å². The van der Waals surface area contributed by atoms with Crippen molar-refractivity contribution in [2.75, 3.05) is 4.90 Å². The third-order valence-corrected chi connectivity index (χ3v) is 4.93. The smallest absolute Gasteiger partial charge is 0.418 e. The van der Waals surface area contributed by atoms with Crippen LogP contribution in [0.25, 0.3) is 6.08 Å². The Morgan fingerprint density at radius 1 is 1.17 bits per heavy atom. The Morgan fingerprint density at radius 3 is 2.53 bits per heavy atom. The van der Waals surface area contributed by atoms with Gasteiger partial charge in [0.2, 0.25) is 0 Å². The number of hydrogen-bond acceptors (Lipinski definition) is 5. The summed E-state index contributed by atoms with van der Waals surface area (Å²) in [7, 11) is 0. The average Bonchev–Trinajstić information content (AvgIpc) is 2.94. The lowest BCUT2D eigenvalue weighted by Crippen LogP contribution is -2.30. The third-order valence-electron chi connectivity index (χ3n) is 4.06. The number of halogens is 3. The molecule has 0 spiro atoms. The zero-order valence-electron chi connectivity index (χ0n) is 15.3.